The first-order valence-corrected chi connectivity index (χ1v) is 6.47. The van der Waals surface area contributed by atoms with E-state index in [1.165, 1.54) is 0 Å². The predicted octanol–water partition coefficient (Wildman–Crippen LogP) is 1.96. The fraction of sp³-hybridized carbons (Fsp3) is 0.333. The summed E-state index contributed by atoms with van der Waals surface area (Å²) < 4.78 is 5.34. The van der Waals surface area contributed by atoms with Gasteiger partial charge in [0.1, 0.15) is 11.6 Å². The highest BCUT2D eigenvalue weighted by atomic mass is 16.5. The summed E-state index contributed by atoms with van der Waals surface area (Å²) in [6.07, 6.45) is 1.74. The van der Waals surface area contributed by atoms with Gasteiger partial charge in [-0.3, -0.25) is 5.84 Å². The Bertz CT molecular complexity index is 613. The Morgan fingerprint density at radius 3 is 2.55 bits per heavy atom. The lowest BCUT2D eigenvalue weighted by Crippen LogP contribution is -2.30. The molecule has 2 aromatic rings. The Morgan fingerprint density at radius 2 is 1.95 bits per heavy atom. The summed E-state index contributed by atoms with van der Waals surface area (Å²) in [6, 6.07) is 5.80. The average Bonchev–Trinajstić information content (AvgIpc) is 2.43. The van der Waals surface area contributed by atoms with Gasteiger partial charge < -0.3 is 4.74 Å². The topological polar surface area (TPSA) is 73.1 Å². The molecule has 1 unspecified atom stereocenters. The molecule has 106 valence electrons. The Labute approximate surface area is 119 Å². The second-order valence-corrected chi connectivity index (χ2v) is 4.81. The molecular weight excluding hydrogens is 252 g/mol. The molecule has 0 saturated carbocycles. The van der Waals surface area contributed by atoms with Crippen molar-refractivity contribution in [3.63, 3.8) is 0 Å². The van der Waals surface area contributed by atoms with Gasteiger partial charge in [0, 0.05) is 6.20 Å². The van der Waals surface area contributed by atoms with Gasteiger partial charge in [0.15, 0.2) is 0 Å². The number of methoxy groups -OCH3 is 1. The van der Waals surface area contributed by atoms with Gasteiger partial charge in [-0.1, -0.05) is 6.07 Å². The minimum atomic E-state index is -0.165. The summed E-state index contributed by atoms with van der Waals surface area (Å²) in [5, 5.41) is 0. The molecule has 0 aliphatic carbocycles. The summed E-state index contributed by atoms with van der Waals surface area (Å²) in [4.78, 5) is 8.57. The van der Waals surface area contributed by atoms with Crippen molar-refractivity contribution in [1.82, 2.24) is 15.4 Å². The van der Waals surface area contributed by atoms with Crippen LogP contribution in [0.5, 0.6) is 5.75 Å². The van der Waals surface area contributed by atoms with Gasteiger partial charge in [-0.15, -0.1) is 0 Å². The van der Waals surface area contributed by atoms with Gasteiger partial charge in [-0.05, 0) is 49.6 Å². The van der Waals surface area contributed by atoms with Gasteiger partial charge in [-0.25, -0.2) is 15.4 Å². The maximum Gasteiger partial charge on any atom is 0.125 e. The van der Waals surface area contributed by atoms with Gasteiger partial charge in [0.05, 0.1) is 18.8 Å². The largest absolute Gasteiger partial charge is 0.496 e. The van der Waals surface area contributed by atoms with Crippen molar-refractivity contribution in [2.45, 2.75) is 26.8 Å². The predicted molar refractivity (Wildman–Crippen MR) is 78.4 cm³/mol. The number of nitrogens with two attached hydrogens (primary N) is 1. The number of hydrogen-bond acceptors (Lipinski definition) is 5. The highest BCUT2D eigenvalue weighted by molar-refractivity contribution is 5.44. The van der Waals surface area contributed by atoms with Gasteiger partial charge >= 0.3 is 0 Å². The zero-order valence-corrected chi connectivity index (χ0v) is 12.3. The number of nitrogens with zero attached hydrogens (tertiary/aromatic N) is 2. The summed E-state index contributed by atoms with van der Waals surface area (Å²) in [6.45, 7) is 5.92. The van der Waals surface area contributed by atoms with Crippen LogP contribution in [0.1, 0.15) is 34.3 Å². The molecule has 5 nitrogen and oxygen atoms in total. The van der Waals surface area contributed by atoms with E-state index in [0.717, 1.165) is 34.0 Å². The van der Waals surface area contributed by atoms with E-state index in [4.69, 9.17) is 10.6 Å². The molecule has 1 heterocycles. The lowest BCUT2D eigenvalue weighted by atomic mass is 9.96. The maximum absolute atomic E-state index is 5.73. The number of aromatic nitrogens is 2. The van der Waals surface area contributed by atoms with Crippen LogP contribution < -0.4 is 16.0 Å². The van der Waals surface area contributed by atoms with Crippen molar-refractivity contribution in [1.29, 1.82) is 0 Å². The van der Waals surface area contributed by atoms with Crippen molar-refractivity contribution in [2.75, 3.05) is 7.11 Å². The molecule has 0 fully saturated rings. The molecule has 0 amide bonds. The van der Waals surface area contributed by atoms with Crippen LogP contribution in [0.15, 0.2) is 24.4 Å². The Hall–Kier alpha value is -1.98. The van der Waals surface area contributed by atoms with E-state index >= 15 is 0 Å². The van der Waals surface area contributed by atoms with Crippen LogP contribution in [0.3, 0.4) is 0 Å². The minimum Gasteiger partial charge on any atom is -0.496 e. The number of aryl methyl sites for hydroxylation is 3. The zero-order chi connectivity index (χ0) is 14.7. The molecule has 3 N–H and O–H groups in total. The van der Waals surface area contributed by atoms with Crippen molar-refractivity contribution < 1.29 is 4.74 Å². The third-order valence-corrected chi connectivity index (χ3v) is 3.35. The van der Waals surface area contributed by atoms with Crippen LogP contribution in [0, 0.1) is 20.8 Å². The van der Waals surface area contributed by atoms with E-state index in [9.17, 15) is 0 Å². The van der Waals surface area contributed by atoms with E-state index in [2.05, 4.69) is 21.5 Å². The Kier molecular flexibility index (Phi) is 4.32. The average molecular weight is 272 g/mol. The number of ether oxygens (including phenoxy) is 1. The highest BCUT2D eigenvalue weighted by Gasteiger charge is 2.18. The van der Waals surface area contributed by atoms with E-state index < -0.39 is 0 Å². The van der Waals surface area contributed by atoms with Crippen LogP contribution in [0.4, 0.5) is 0 Å². The number of nitrogens with one attached hydrogen (secondary N) is 1. The van der Waals surface area contributed by atoms with Crippen molar-refractivity contribution in [3.05, 3.63) is 52.6 Å². The third-order valence-electron chi connectivity index (χ3n) is 3.35. The molecule has 0 saturated heterocycles. The number of hydrazine groups is 1. The summed E-state index contributed by atoms with van der Waals surface area (Å²) in [5.74, 6) is 7.34. The molecule has 0 aliphatic heterocycles. The summed E-state index contributed by atoms with van der Waals surface area (Å²) in [7, 11) is 1.67. The molecule has 20 heavy (non-hydrogen) atoms. The first-order chi connectivity index (χ1) is 9.56. The quantitative estimate of drug-likeness (QED) is 0.657. The second kappa shape index (κ2) is 5.98. The van der Waals surface area contributed by atoms with Gasteiger partial charge in [0.25, 0.3) is 0 Å². The summed E-state index contributed by atoms with van der Waals surface area (Å²) in [5.41, 5.74) is 6.95. The highest BCUT2D eigenvalue weighted by Crippen LogP contribution is 2.29. The third kappa shape index (κ3) is 2.79. The molecule has 0 spiro atoms. The molecule has 1 aromatic carbocycles. The maximum atomic E-state index is 5.73. The number of hydrogen-bond donors (Lipinski definition) is 2. The van der Waals surface area contributed by atoms with Crippen molar-refractivity contribution in [3.8, 4) is 5.75 Å². The van der Waals surface area contributed by atoms with Gasteiger partial charge in [-0.2, -0.15) is 0 Å². The minimum absolute atomic E-state index is 0.165. The van der Waals surface area contributed by atoms with Crippen LogP contribution in [0.25, 0.3) is 0 Å². The molecular formula is C15H20N4O. The summed E-state index contributed by atoms with van der Waals surface area (Å²) >= 11 is 0. The molecule has 2 rings (SSSR count). The lowest BCUT2D eigenvalue weighted by Gasteiger charge is -2.20. The standard InChI is InChI=1S/C15H20N4O/c1-9-8-14(20-4)10(2)7-12(9)15(19-16)13-5-6-17-11(3)18-13/h5-8,15,19H,16H2,1-4H3. The fourth-order valence-corrected chi connectivity index (χ4v) is 2.31. The first kappa shape index (κ1) is 14.4. The Morgan fingerprint density at radius 1 is 1.20 bits per heavy atom. The SMILES string of the molecule is COc1cc(C)c(C(NN)c2ccnc(C)n2)cc1C. The first-order valence-electron chi connectivity index (χ1n) is 6.47. The fourth-order valence-electron chi connectivity index (χ4n) is 2.31. The molecule has 1 atom stereocenters. The lowest BCUT2D eigenvalue weighted by molar-refractivity contribution is 0.411. The van der Waals surface area contributed by atoms with Crippen LogP contribution >= 0.6 is 0 Å². The smallest absolute Gasteiger partial charge is 0.125 e. The van der Waals surface area contributed by atoms with E-state index in [1.54, 1.807) is 13.3 Å². The second-order valence-electron chi connectivity index (χ2n) is 4.81. The molecule has 5 heteroatoms. The molecule has 0 radical (unpaired) electrons. The monoisotopic (exact) mass is 272 g/mol. The van der Waals surface area contributed by atoms with Crippen LogP contribution in [0.2, 0.25) is 0 Å². The van der Waals surface area contributed by atoms with E-state index in [0.29, 0.717) is 0 Å². The zero-order valence-electron chi connectivity index (χ0n) is 12.3. The van der Waals surface area contributed by atoms with Crippen LogP contribution in [-0.2, 0) is 0 Å². The molecule has 0 bridgehead atoms. The molecule has 0 aliphatic rings. The molecule has 1 aromatic heterocycles. The normalized spacial score (nSPS) is 12.2. The Balaban J connectivity index is 2.49. The number of benzene rings is 1. The number of rotatable bonds is 4. The van der Waals surface area contributed by atoms with Crippen LogP contribution in [-0.4, -0.2) is 17.1 Å². The van der Waals surface area contributed by atoms with E-state index in [1.807, 2.05) is 32.9 Å². The van der Waals surface area contributed by atoms with Crippen molar-refractivity contribution >= 4 is 0 Å². The van der Waals surface area contributed by atoms with Gasteiger partial charge in [0.2, 0.25) is 0 Å². The van der Waals surface area contributed by atoms with E-state index in [-0.39, 0.29) is 6.04 Å². The van der Waals surface area contributed by atoms with Crippen molar-refractivity contribution in [2.24, 2.45) is 5.84 Å².